The summed E-state index contributed by atoms with van der Waals surface area (Å²) in [5.41, 5.74) is 3.29. The van der Waals surface area contributed by atoms with E-state index >= 15 is 0 Å². The molecule has 0 spiro atoms. The van der Waals surface area contributed by atoms with Gasteiger partial charge in [0.15, 0.2) is 5.60 Å². The standard InChI is InChI=1S/C25H23N5O3/c1-4-17-8-7-10-21(27-17)25(32,20-9-5-6-11-26-20)18-12-16(22-14(2)30-33-15(22)3)13-19-23(18)29-24(31)28-19/h5-13,32H,4H2,1-3H3,(H2,28,29,31). The van der Waals surface area contributed by atoms with Crippen molar-refractivity contribution in [2.24, 2.45) is 0 Å². The number of hydrogen-bond acceptors (Lipinski definition) is 6. The number of nitrogens with one attached hydrogen (secondary N) is 2. The number of imidazole rings is 1. The first-order chi connectivity index (χ1) is 15.9. The largest absolute Gasteiger partial charge is 0.373 e. The van der Waals surface area contributed by atoms with Crippen LogP contribution in [0.2, 0.25) is 0 Å². The van der Waals surface area contributed by atoms with Crippen LogP contribution in [0.3, 0.4) is 0 Å². The molecule has 0 aliphatic heterocycles. The minimum Gasteiger partial charge on any atom is -0.373 e. The zero-order chi connectivity index (χ0) is 23.2. The van der Waals surface area contributed by atoms with Crippen molar-refractivity contribution in [1.29, 1.82) is 0 Å². The number of aromatic amines is 2. The molecule has 0 aliphatic carbocycles. The molecule has 1 atom stereocenters. The molecule has 3 N–H and O–H groups in total. The topological polar surface area (TPSA) is 121 Å². The molecule has 0 saturated heterocycles. The molecule has 5 rings (SSSR count). The van der Waals surface area contributed by atoms with E-state index in [1.54, 1.807) is 24.4 Å². The number of rotatable bonds is 5. The summed E-state index contributed by atoms with van der Waals surface area (Å²) >= 11 is 0. The Bertz CT molecular complexity index is 1500. The van der Waals surface area contributed by atoms with Crippen molar-refractivity contribution in [1.82, 2.24) is 25.1 Å². The monoisotopic (exact) mass is 441 g/mol. The minimum atomic E-state index is -1.73. The maximum Gasteiger partial charge on any atom is 0.323 e. The third-order valence-corrected chi connectivity index (χ3v) is 5.91. The first-order valence-corrected chi connectivity index (χ1v) is 10.7. The Morgan fingerprint density at radius 3 is 2.58 bits per heavy atom. The van der Waals surface area contributed by atoms with Crippen molar-refractivity contribution in [2.45, 2.75) is 32.8 Å². The van der Waals surface area contributed by atoms with Gasteiger partial charge in [-0.1, -0.05) is 24.2 Å². The van der Waals surface area contributed by atoms with Crippen molar-refractivity contribution in [2.75, 3.05) is 0 Å². The van der Waals surface area contributed by atoms with E-state index in [1.807, 2.05) is 51.1 Å². The number of benzene rings is 1. The number of aryl methyl sites for hydroxylation is 3. The fourth-order valence-electron chi connectivity index (χ4n) is 4.33. The average molecular weight is 441 g/mol. The van der Waals surface area contributed by atoms with Gasteiger partial charge < -0.3 is 19.6 Å². The molecule has 5 aromatic rings. The van der Waals surface area contributed by atoms with Crippen LogP contribution in [0.25, 0.3) is 22.2 Å². The highest BCUT2D eigenvalue weighted by molar-refractivity contribution is 5.87. The summed E-state index contributed by atoms with van der Waals surface area (Å²) in [6.45, 7) is 5.69. The Morgan fingerprint density at radius 1 is 1.06 bits per heavy atom. The van der Waals surface area contributed by atoms with Crippen LogP contribution in [0.4, 0.5) is 0 Å². The number of hydrogen-bond donors (Lipinski definition) is 3. The Balaban J connectivity index is 1.89. The first kappa shape index (κ1) is 20.8. The normalized spacial score (nSPS) is 13.3. The molecule has 166 valence electrons. The van der Waals surface area contributed by atoms with Crippen LogP contribution in [-0.2, 0) is 12.0 Å². The van der Waals surface area contributed by atoms with Gasteiger partial charge in [0, 0.05) is 23.0 Å². The lowest BCUT2D eigenvalue weighted by molar-refractivity contribution is 0.117. The van der Waals surface area contributed by atoms with Crippen molar-refractivity contribution in [3.8, 4) is 11.1 Å². The van der Waals surface area contributed by atoms with Gasteiger partial charge in [-0.3, -0.25) is 9.97 Å². The van der Waals surface area contributed by atoms with Gasteiger partial charge in [0.1, 0.15) is 5.76 Å². The molecule has 0 amide bonds. The van der Waals surface area contributed by atoms with Gasteiger partial charge in [-0.25, -0.2) is 4.79 Å². The van der Waals surface area contributed by atoms with Gasteiger partial charge in [0.05, 0.1) is 28.1 Å². The van der Waals surface area contributed by atoms with Crippen LogP contribution < -0.4 is 5.69 Å². The lowest BCUT2D eigenvalue weighted by atomic mass is 9.83. The van der Waals surface area contributed by atoms with E-state index in [1.165, 1.54) is 0 Å². The summed E-state index contributed by atoms with van der Waals surface area (Å²) in [6, 6.07) is 14.6. The second-order valence-corrected chi connectivity index (χ2v) is 8.02. The summed E-state index contributed by atoms with van der Waals surface area (Å²) in [5.74, 6) is 0.642. The molecule has 0 fully saturated rings. The number of fused-ring (bicyclic) bond motifs is 1. The zero-order valence-corrected chi connectivity index (χ0v) is 18.5. The van der Waals surface area contributed by atoms with Crippen LogP contribution >= 0.6 is 0 Å². The van der Waals surface area contributed by atoms with Crippen molar-refractivity contribution in [3.63, 3.8) is 0 Å². The first-order valence-electron chi connectivity index (χ1n) is 10.7. The summed E-state index contributed by atoms with van der Waals surface area (Å²) in [7, 11) is 0. The van der Waals surface area contributed by atoms with Crippen LogP contribution in [0.1, 0.15) is 41.0 Å². The average Bonchev–Trinajstić information content (AvgIpc) is 3.38. The predicted molar refractivity (Wildman–Crippen MR) is 124 cm³/mol. The number of aromatic nitrogens is 5. The van der Waals surface area contributed by atoms with E-state index in [0.717, 1.165) is 16.8 Å². The Kier molecular flexibility index (Phi) is 4.94. The molecular formula is C25H23N5O3. The third kappa shape index (κ3) is 3.35. The molecule has 0 bridgehead atoms. The number of nitrogens with zero attached hydrogens (tertiary/aromatic N) is 3. The molecule has 1 unspecified atom stereocenters. The van der Waals surface area contributed by atoms with Crippen LogP contribution in [-0.4, -0.2) is 30.2 Å². The van der Waals surface area contributed by atoms with E-state index in [2.05, 4.69) is 20.1 Å². The fraction of sp³-hybridized carbons (Fsp3) is 0.200. The zero-order valence-electron chi connectivity index (χ0n) is 18.5. The molecule has 33 heavy (non-hydrogen) atoms. The molecule has 8 heteroatoms. The quantitative estimate of drug-likeness (QED) is 0.382. The lowest BCUT2D eigenvalue weighted by Gasteiger charge is -2.29. The Labute approximate surface area is 189 Å². The van der Waals surface area contributed by atoms with E-state index in [4.69, 9.17) is 9.51 Å². The van der Waals surface area contributed by atoms with Crippen molar-refractivity contribution < 1.29 is 9.63 Å². The molecule has 4 heterocycles. The minimum absolute atomic E-state index is 0.374. The summed E-state index contributed by atoms with van der Waals surface area (Å²) in [4.78, 5) is 27.2. The Hall–Kier alpha value is -4.04. The maximum atomic E-state index is 12.4. The Morgan fingerprint density at radius 2 is 1.88 bits per heavy atom. The number of aliphatic hydroxyl groups is 1. The smallest absolute Gasteiger partial charge is 0.323 e. The number of H-pyrrole nitrogens is 2. The summed E-state index contributed by atoms with van der Waals surface area (Å²) in [5, 5.41) is 16.5. The summed E-state index contributed by atoms with van der Waals surface area (Å²) in [6.07, 6.45) is 2.33. The van der Waals surface area contributed by atoms with E-state index < -0.39 is 5.60 Å². The maximum absolute atomic E-state index is 12.4. The van der Waals surface area contributed by atoms with Crippen molar-refractivity contribution in [3.05, 3.63) is 99.3 Å². The fourth-order valence-corrected chi connectivity index (χ4v) is 4.33. The van der Waals surface area contributed by atoms with Gasteiger partial charge in [-0.05, 0) is 62.2 Å². The number of pyridine rings is 2. The van der Waals surface area contributed by atoms with Gasteiger partial charge in [-0.2, -0.15) is 0 Å². The highest BCUT2D eigenvalue weighted by Gasteiger charge is 2.39. The third-order valence-electron chi connectivity index (χ3n) is 5.91. The molecule has 0 radical (unpaired) electrons. The van der Waals surface area contributed by atoms with Gasteiger partial charge in [0.25, 0.3) is 0 Å². The van der Waals surface area contributed by atoms with E-state index in [-0.39, 0.29) is 5.69 Å². The molecule has 4 aromatic heterocycles. The summed E-state index contributed by atoms with van der Waals surface area (Å²) < 4.78 is 5.38. The predicted octanol–water partition coefficient (Wildman–Crippen LogP) is 3.76. The van der Waals surface area contributed by atoms with Gasteiger partial charge >= 0.3 is 5.69 Å². The highest BCUT2D eigenvalue weighted by Crippen LogP contribution is 2.40. The molecular weight excluding hydrogens is 418 g/mol. The second-order valence-electron chi connectivity index (χ2n) is 8.02. The van der Waals surface area contributed by atoms with Gasteiger partial charge in [0.2, 0.25) is 0 Å². The molecule has 1 aromatic carbocycles. The van der Waals surface area contributed by atoms with Crippen LogP contribution in [0.15, 0.2) is 64.0 Å². The van der Waals surface area contributed by atoms with Gasteiger partial charge in [-0.15, -0.1) is 0 Å². The van der Waals surface area contributed by atoms with Crippen molar-refractivity contribution >= 4 is 11.0 Å². The molecule has 8 nitrogen and oxygen atoms in total. The SMILES string of the molecule is CCc1cccc(C(O)(c2ccccn2)c2cc(-c3c(C)noc3C)cc3[nH]c(=O)[nH]c23)n1. The molecule has 0 aliphatic rings. The lowest BCUT2D eigenvalue weighted by Crippen LogP contribution is -2.32. The van der Waals surface area contributed by atoms with Crippen LogP contribution in [0, 0.1) is 13.8 Å². The van der Waals surface area contributed by atoms with E-state index in [9.17, 15) is 9.90 Å². The molecule has 0 saturated carbocycles. The van der Waals surface area contributed by atoms with Crippen LogP contribution in [0.5, 0.6) is 0 Å². The van der Waals surface area contributed by atoms with E-state index in [0.29, 0.717) is 45.9 Å². The second kappa shape index (κ2) is 7.83. The highest BCUT2D eigenvalue weighted by atomic mass is 16.5.